The predicted octanol–water partition coefficient (Wildman–Crippen LogP) is 2.55. The van der Waals surface area contributed by atoms with Crippen molar-refractivity contribution in [2.75, 3.05) is 18.0 Å². The van der Waals surface area contributed by atoms with Gasteiger partial charge in [-0.2, -0.15) is 0 Å². The molecule has 0 saturated heterocycles. The van der Waals surface area contributed by atoms with Crippen LogP contribution < -0.4 is 10.5 Å². The lowest BCUT2D eigenvalue weighted by molar-refractivity contribution is 0.561. The Bertz CT molecular complexity index is 735. The zero-order valence-corrected chi connectivity index (χ0v) is 11.3. The van der Waals surface area contributed by atoms with Gasteiger partial charge in [0.2, 0.25) is 0 Å². The van der Waals surface area contributed by atoms with Crippen LogP contribution >= 0.6 is 0 Å². The molecule has 0 saturated carbocycles. The molecule has 102 valence electrons. The minimum absolute atomic E-state index is 0.350. The van der Waals surface area contributed by atoms with Gasteiger partial charge >= 0.3 is 5.63 Å². The number of hydrogen-bond donors (Lipinski definition) is 0. The van der Waals surface area contributed by atoms with Crippen molar-refractivity contribution in [3.05, 3.63) is 52.6 Å². The van der Waals surface area contributed by atoms with Crippen molar-refractivity contribution in [3.63, 3.8) is 0 Å². The third kappa shape index (κ3) is 3.27. The Balaban J connectivity index is 2.27. The highest BCUT2D eigenvalue weighted by molar-refractivity contribution is 5.80. The molecule has 0 atom stereocenters. The fraction of sp³-hybridized carbons (Fsp3) is 0.250. The van der Waals surface area contributed by atoms with Crippen LogP contribution in [-0.2, 0) is 4.79 Å². The van der Waals surface area contributed by atoms with Crippen LogP contribution in [-0.4, -0.2) is 19.0 Å². The van der Waals surface area contributed by atoms with Gasteiger partial charge in [0.1, 0.15) is 5.58 Å². The van der Waals surface area contributed by atoms with Crippen LogP contribution in [0.2, 0.25) is 0 Å². The Morgan fingerprint density at radius 1 is 1.30 bits per heavy atom. The van der Waals surface area contributed by atoms with Crippen molar-refractivity contribution < 1.29 is 9.21 Å². The maximum atomic E-state index is 11.2. The van der Waals surface area contributed by atoms with Gasteiger partial charge in [-0.1, -0.05) is 0 Å². The molecule has 0 fully saturated rings. The standard InChI is InChI=1S/C16H15NO3/c1-2-17(10-4-3-5-11-18)14-8-6-13-7-9-16(19)20-15(13)12-14/h3,6-9,12H,2,4,10H2,1H3. The number of fused-ring (bicyclic) bond motifs is 1. The summed E-state index contributed by atoms with van der Waals surface area (Å²) >= 11 is 0. The van der Waals surface area contributed by atoms with Gasteiger partial charge in [0.15, 0.2) is 5.94 Å². The quantitative estimate of drug-likeness (QED) is 0.475. The molecule has 1 aromatic carbocycles. The van der Waals surface area contributed by atoms with E-state index in [1.807, 2.05) is 25.1 Å². The molecule has 0 amide bonds. The summed E-state index contributed by atoms with van der Waals surface area (Å²) in [5.74, 6) is 1.61. The number of carbonyl (C=O) groups excluding carboxylic acids is 1. The van der Waals surface area contributed by atoms with E-state index < -0.39 is 0 Å². The van der Waals surface area contributed by atoms with Crippen molar-refractivity contribution in [1.29, 1.82) is 0 Å². The molecular weight excluding hydrogens is 254 g/mol. The predicted molar refractivity (Wildman–Crippen MR) is 78.8 cm³/mol. The molecule has 0 spiro atoms. The summed E-state index contributed by atoms with van der Waals surface area (Å²) in [4.78, 5) is 23.4. The van der Waals surface area contributed by atoms with E-state index in [4.69, 9.17) is 4.42 Å². The van der Waals surface area contributed by atoms with Crippen LogP contribution in [0.25, 0.3) is 11.0 Å². The minimum atomic E-state index is -0.350. The first kappa shape index (κ1) is 13.9. The van der Waals surface area contributed by atoms with E-state index in [-0.39, 0.29) is 5.63 Å². The van der Waals surface area contributed by atoms with E-state index in [9.17, 15) is 9.59 Å². The molecule has 2 rings (SSSR count). The van der Waals surface area contributed by atoms with E-state index in [0.717, 1.165) is 24.2 Å². The van der Waals surface area contributed by atoms with Crippen LogP contribution in [0.1, 0.15) is 13.3 Å². The topological polar surface area (TPSA) is 50.5 Å². The molecular formula is C16H15NO3. The zero-order valence-electron chi connectivity index (χ0n) is 11.3. The van der Waals surface area contributed by atoms with Gasteiger partial charge in [-0.05, 0) is 43.4 Å². The number of rotatable bonds is 5. The molecule has 0 unspecified atom stereocenters. The summed E-state index contributed by atoms with van der Waals surface area (Å²) in [7, 11) is 0. The molecule has 0 aliphatic rings. The molecule has 0 bridgehead atoms. The minimum Gasteiger partial charge on any atom is -0.423 e. The summed E-state index contributed by atoms with van der Waals surface area (Å²) in [6.45, 7) is 3.62. The normalized spacial score (nSPS) is 9.85. The molecule has 2 aromatic rings. The Morgan fingerprint density at radius 2 is 2.10 bits per heavy atom. The Kier molecular flexibility index (Phi) is 4.56. The number of anilines is 1. The third-order valence-electron chi connectivity index (χ3n) is 3.06. The lowest BCUT2D eigenvalue weighted by Gasteiger charge is -2.22. The van der Waals surface area contributed by atoms with E-state index in [2.05, 4.69) is 10.6 Å². The average molecular weight is 269 g/mol. The number of benzene rings is 1. The van der Waals surface area contributed by atoms with Crippen molar-refractivity contribution in [1.82, 2.24) is 0 Å². The lowest BCUT2D eigenvalue weighted by Crippen LogP contribution is -2.23. The summed E-state index contributed by atoms with van der Waals surface area (Å²) in [6, 6.07) is 8.94. The smallest absolute Gasteiger partial charge is 0.336 e. The van der Waals surface area contributed by atoms with Gasteiger partial charge in [0.05, 0.1) is 0 Å². The highest BCUT2D eigenvalue weighted by Crippen LogP contribution is 2.21. The van der Waals surface area contributed by atoms with Crippen LogP contribution in [0.5, 0.6) is 0 Å². The molecule has 0 N–H and O–H groups in total. The molecule has 20 heavy (non-hydrogen) atoms. The molecule has 0 aliphatic heterocycles. The SMILES string of the molecule is CCN(CCC=C=C=O)c1ccc2ccc(=O)oc2c1. The van der Waals surface area contributed by atoms with Gasteiger partial charge in [0, 0.05) is 36.3 Å². The van der Waals surface area contributed by atoms with Gasteiger partial charge < -0.3 is 9.32 Å². The van der Waals surface area contributed by atoms with Crippen molar-refractivity contribution in [3.8, 4) is 0 Å². The van der Waals surface area contributed by atoms with Crippen LogP contribution in [0.4, 0.5) is 5.69 Å². The van der Waals surface area contributed by atoms with Gasteiger partial charge in [-0.15, -0.1) is 0 Å². The second kappa shape index (κ2) is 6.58. The molecule has 0 radical (unpaired) electrons. The summed E-state index contributed by atoms with van der Waals surface area (Å²) in [5.41, 5.74) is 3.61. The largest absolute Gasteiger partial charge is 0.423 e. The first-order valence-electron chi connectivity index (χ1n) is 6.48. The second-order valence-corrected chi connectivity index (χ2v) is 4.30. The highest BCUT2D eigenvalue weighted by atomic mass is 16.4. The maximum absolute atomic E-state index is 11.2. The first-order valence-corrected chi connectivity index (χ1v) is 6.48. The lowest BCUT2D eigenvalue weighted by atomic mass is 10.2. The average Bonchev–Trinajstić information content (AvgIpc) is 2.46. The highest BCUT2D eigenvalue weighted by Gasteiger charge is 2.05. The Hall–Kier alpha value is -2.54. The summed E-state index contributed by atoms with van der Waals surface area (Å²) in [5, 5.41) is 0.896. The van der Waals surface area contributed by atoms with Gasteiger partial charge in [0.25, 0.3) is 0 Å². The maximum Gasteiger partial charge on any atom is 0.336 e. The fourth-order valence-electron chi connectivity index (χ4n) is 2.05. The van der Waals surface area contributed by atoms with E-state index in [1.54, 1.807) is 18.1 Å². The van der Waals surface area contributed by atoms with Crippen LogP contribution in [0.3, 0.4) is 0 Å². The van der Waals surface area contributed by atoms with Crippen molar-refractivity contribution >= 4 is 22.6 Å². The Morgan fingerprint density at radius 3 is 2.85 bits per heavy atom. The molecule has 1 heterocycles. The monoisotopic (exact) mass is 269 g/mol. The fourth-order valence-corrected chi connectivity index (χ4v) is 2.05. The van der Waals surface area contributed by atoms with Gasteiger partial charge in [-0.3, -0.25) is 0 Å². The second-order valence-electron chi connectivity index (χ2n) is 4.30. The molecule has 4 heteroatoms. The summed E-state index contributed by atoms with van der Waals surface area (Å²) < 4.78 is 5.19. The summed E-state index contributed by atoms with van der Waals surface area (Å²) in [6.07, 6.45) is 2.37. The van der Waals surface area contributed by atoms with Crippen molar-refractivity contribution in [2.24, 2.45) is 0 Å². The van der Waals surface area contributed by atoms with Gasteiger partial charge in [-0.25, -0.2) is 9.59 Å². The first-order chi connectivity index (χ1) is 9.74. The molecule has 1 aromatic heterocycles. The Labute approximate surface area is 116 Å². The molecule has 4 nitrogen and oxygen atoms in total. The number of hydrogen-bond acceptors (Lipinski definition) is 4. The van der Waals surface area contributed by atoms with E-state index >= 15 is 0 Å². The van der Waals surface area contributed by atoms with Crippen LogP contribution in [0, 0.1) is 0 Å². The molecule has 0 aliphatic carbocycles. The zero-order chi connectivity index (χ0) is 14.4. The van der Waals surface area contributed by atoms with Crippen molar-refractivity contribution in [2.45, 2.75) is 13.3 Å². The third-order valence-corrected chi connectivity index (χ3v) is 3.06. The van der Waals surface area contributed by atoms with E-state index in [1.165, 1.54) is 6.07 Å². The van der Waals surface area contributed by atoms with Crippen LogP contribution in [0.15, 0.2) is 51.4 Å². The van der Waals surface area contributed by atoms with E-state index in [0.29, 0.717) is 12.0 Å². The number of nitrogens with zero attached hydrogens (tertiary/aromatic N) is 1.